The summed E-state index contributed by atoms with van der Waals surface area (Å²) in [5.74, 6) is 0. The Morgan fingerprint density at radius 2 is 1.32 bits per heavy atom. The van der Waals surface area contributed by atoms with Gasteiger partial charge in [-0.15, -0.1) is 0 Å². The molecule has 1 aromatic carbocycles. The summed E-state index contributed by atoms with van der Waals surface area (Å²) in [6.45, 7) is 11.1. The topological polar surface area (TPSA) is 6.48 Å². The molecule has 0 saturated heterocycles. The molecule has 0 N–H and O–H groups in total. The van der Waals surface area contributed by atoms with Crippen molar-refractivity contribution in [3.05, 3.63) is 41.2 Å². The van der Waals surface area contributed by atoms with E-state index < -0.39 is 0 Å². The fourth-order valence-electron chi connectivity index (χ4n) is 4.01. The number of rotatable bonds is 11. The Hall–Kier alpha value is -1.44. The second kappa shape index (κ2) is 10.5. The first-order valence-corrected chi connectivity index (χ1v) is 10.4. The van der Waals surface area contributed by atoms with Crippen molar-refractivity contribution in [1.29, 1.82) is 0 Å². The molecule has 0 aromatic heterocycles. The molecule has 0 unspecified atom stereocenters. The van der Waals surface area contributed by atoms with Gasteiger partial charge in [0.15, 0.2) is 0 Å². The minimum atomic E-state index is 1.00. The SMILES string of the molecule is CCCCCCCCCCCN1C=CN(c2c(C)cc(C)cc2C)C1. The van der Waals surface area contributed by atoms with E-state index >= 15 is 0 Å². The van der Waals surface area contributed by atoms with Gasteiger partial charge in [0.2, 0.25) is 0 Å². The molecule has 0 radical (unpaired) electrons. The van der Waals surface area contributed by atoms with Crippen LogP contribution in [0, 0.1) is 20.8 Å². The minimum Gasteiger partial charge on any atom is -0.358 e. The maximum Gasteiger partial charge on any atom is 0.0942 e. The van der Waals surface area contributed by atoms with Crippen LogP contribution in [0.25, 0.3) is 0 Å². The lowest BCUT2D eigenvalue weighted by Crippen LogP contribution is -2.26. The summed E-state index contributed by atoms with van der Waals surface area (Å²) < 4.78 is 0. The normalized spacial score (nSPS) is 13.9. The summed E-state index contributed by atoms with van der Waals surface area (Å²) in [7, 11) is 0. The van der Waals surface area contributed by atoms with E-state index in [2.05, 4.69) is 62.0 Å². The van der Waals surface area contributed by atoms with E-state index in [4.69, 9.17) is 0 Å². The van der Waals surface area contributed by atoms with Crippen LogP contribution in [0.15, 0.2) is 24.5 Å². The third-order valence-corrected chi connectivity index (χ3v) is 5.26. The number of benzene rings is 1. The molecule has 1 aliphatic rings. The number of anilines is 1. The van der Waals surface area contributed by atoms with E-state index in [0.717, 1.165) is 6.67 Å². The van der Waals surface area contributed by atoms with Crippen LogP contribution >= 0.6 is 0 Å². The van der Waals surface area contributed by atoms with Crippen molar-refractivity contribution in [1.82, 2.24) is 4.90 Å². The Morgan fingerprint density at radius 1 is 0.760 bits per heavy atom. The number of unbranched alkanes of at least 4 members (excludes halogenated alkanes) is 8. The van der Waals surface area contributed by atoms with Gasteiger partial charge in [-0.25, -0.2) is 0 Å². The highest BCUT2D eigenvalue weighted by atomic mass is 15.3. The highest BCUT2D eigenvalue weighted by Crippen LogP contribution is 2.28. The molecule has 25 heavy (non-hydrogen) atoms. The summed E-state index contributed by atoms with van der Waals surface area (Å²) in [6.07, 6.45) is 17.1. The van der Waals surface area contributed by atoms with Crippen molar-refractivity contribution in [3.8, 4) is 0 Å². The van der Waals surface area contributed by atoms with Crippen molar-refractivity contribution in [2.24, 2.45) is 0 Å². The van der Waals surface area contributed by atoms with Gasteiger partial charge in [0.05, 0.1) is 6.67 Å². The van der Waals surface area contributed by atoms with Gasteiger partial charge < -0.3 is 9.80 Å². The summed E-state index contributed by atoms with van der Waals surface area (Å²) in [5, 5.41) is 0. The Labute approximate surface area is 155 Å². The molecule has 0 fully saturated rings. The second-order valence-electron chi connectivity index (χ2n) is 7.80. The highest BCUT2D eigenvalue weighted by Gasteiger charge is 2.17. The summed E-state index contributed by atoms with van der Waals surface area (Å²) >= 11 is 0. The standard InChI is InChI=1S/C23H38N2/c1-5-6-7-8-9-10-11-12-13-14-24-15-16-25(19-24)23-21(3)17-20(2)18-22(23)4/h15-18H,5-14,19H2,1-4H3. The molecular formula is C23H38N2. The van der Waals surface area contributed by atoms with Crippen molar-refractivity contribution in [3.63, 3.8) is 0 Å². The number of hydrogen-bond acceptors (Lipinski definition) is 2. The maximum atomic E-state index is 2.46. The zero-order valence-corrected chi connectivity index (χ0v) is 17.0. The fraction of sp³-hybridized carbons (Fsp3) is 0.652. The molecule has 0 saturated carbocycles. The van der Waals surface area contributed by atoms with E-state index in [-0.39, 0.29) is 0 Å². The van der Waals surface area contributed by atoms with Crippen LogP contribution in [0.5, 0.6) is 0 Å². The Morgan fingerprint density at radius 3 is 1.92 bits per heavy atom. The van der Waals surface area contributed by atoms with Crippen molar-refractivity contribution in [2.75, 3.05) is 18.1 Å². The number of hydrogen-bond donors (Lipinski definition) is 0. The lowest BCUT2D eigenvalue weighted by atomic mass is 10.0. The molecule has 2 heteroatoms. The third-order valence-electron chi connectivity index (χ3n) is 5.26. The van der Waals surface area contributed by atoms with E-state index in [1.807, 2.05) is 0 Å². The zero-order valence-electron chi connectivity index (χ0n) is 17.0. The van der Waals surface area contributed by atoms with Crippen LogP contribution in [0.4, 0.5) is 5.69 Å². The molecule has 0 spiro atoms. The molecular weight excluding hydrogens is 304 g/mol. The molecule has 0 amide bonds. The van der Waals surface area contributed by atoms with Crippen molar-refractivity contribution < 1.29 is 0 Å². The molecule has 2 rings (SSSR count). The smallest absolute Gasteiger partial charge is 0.0942 e. The van der Waals surface area contributed by atoms with Crippen molar-refractivity contribution >= 4 is 5.69 Å². The molecule has 1 heterocycles. The second-order valence-corrected chi connectivity index (χ2v) is 7.80. The first kappa shape index (κ1) is 19.9. The maximum absolute atomic E-state index is 2.46. The van der Waals surface area contributed by atoms with Crippen LogP contribution in [0.2, 0.25) is 0 Å². The Kier molecular flexibility index (Phi) is 8.37. The molecule has 1 aliphatic heterocycles. The number of aryl methyl sites for hydroxylation is 3. The summed E-state index contributed by atoms with van der Waals surface area (Å²) in [5.41, 5.74) is 5.50. The molecule has 0 bridgehead atoms. The predicted molar refractivity (Wildman–Crippen MR) is 111 cm³/mol. The predicted octanol–water partition coefficient (Wildman–Crippen LogP) is 6.69. The largest absolute Gasteiger partial charge is 0.358 e. The molecule has 2 nitrogen and oxygen atoms in total. The van der Waals surface area contributed by atoms with E-state index in [1.54, 1.807) is 0 Å². The van der Waals surface area contributed by atoms with Gasteiger partial charge >= 0.3 is 0 Å². The Bertz CT molecular complexity index is 524. The van der Waals surface area contributed by atoms with E-state index in [9.17, 15) is 0 Å². The summed E-state index contributed by atoms with van der Waals surface area (Å²) in [6, 6.07) is 4.58. The molecule has 140 valence electrons. The van der Waals surface area contributed by atoms with Gasteiger partial charge in [0.25, 0.3) is 0 Å². The average molecular weight is 343 g/mol. The monoisotopic (exact) mass is 342 g/mol. The first-order chi connectivity index (χ1) is 12.1. The van der Waals surface area contributed by atoms with Crippen LogP contribution in [-0.2, 0) is 0 Å². The number of nitrogens with zero attached hydrogens (tertiary/aromatic N) is 2. The van der Waals surface area contributed by atoms with Gasteiger partial charge in [-0.3, -0.25) is 0 Å². The highest BCUT2D eigenvalue weighted by molar-refractivity contribution is 5.62. The zero-order chi connectivity index (χ0) is 18.1. The molecule has 1 aromatic rings. The quantitative estimate of drug-likeness (QED) is 0.413. The van der Waals surface area contributed by atoms with Crippen LogP contribution in [0.1, 0.15) is 81.4 Å². The van der Waals surface area contributed by atoms with E-state index in [1.165, 1.54) is 86.7 Å². The van der Waals surface area contributed by atoms with Crippen LogP contribution < -0.4 is 4.90 Å². The van der Waals surface area contributed by atoms with Crippen LogP contribution in [0.3, 0.4) is 0 Å². The average Bonchev–Trinajstić information content (AvgIpc) is 3.01. The minimum absolute atomic E-state index is 1.00. The summed E-state index contributed by atoms with van der Waals surface area (Å²) in [4.78, 5) is 4.86. The Balaban J connectivity index is 1.63. The molecule has 0 aliphatic carbocycles. The van der Waals surface area contributed by atoms with Gasteiger partial charge in [-0.2, -0.15) is 0 Å². The van der Waals surface area contributed by atoms with Crippen LogP contribution in [-0.4, -0.2) is 18.1 Å². The fourth-order valence-corrected chi connectivity index (χ4v) is 4.01. The van der Waals surface area contributed by atoms with E-state index in [0.29, 0.717) is 0 Å². The first-order valence-electron chi connectivity index (χ1n) is 10.4. The van der Waals surface area contributed by atoms with Gasteiger partial charge in [-0.05, 0) is 38.3 Å². The van der Waals surface area contributed by atoms with Gasteiger partial charge in [0.1, 0.15) is 0 Å². The lowest BCUT2D eigenvalue weighted by Gasteiger charge is -2.24. The molecule has 0 atom stereocenters. The van der Waals surface area contributed by atoms with Gasteiger partial charge in [-0.1, -0.05) is 76.0 Å². The third kappa shape index (κ3) is 6.41. The van der Waals surface area contributed by atoms with Gasteiger partial charge in [0, 0.05) is 24.6 Å². The lowest BCUT2D eigenvalue weighted by molar-refractivity contribution is 0.387. The van der Waals surface area contributed by atoms with Crippen molar-refractivity contribution in [2.45, 2.75) is 85.5 Å².